The number of halogens is 2. The fourth-order valence-corrected chi connectivity index (χ4v) is 2.29. The highest BCUT2D eigenvalue weighted by Gasteiger charge is 2.02. The van der Waals surface area contributed by atoms with Crippen LogP contribution in [0.15, 0.2) is 18.5 Å². The number of aromatic nitrogens is 2. The van der Waals surface area contributed by atoms with Crippen molar-refractivity contribution in [2.75, 3.05) is 0 Å². The van der Waals surface area contributed by atoms with Crippen LogP contribution in [0.1, 0.15) is 5.56 Å². The molecule has 4 heteroatoms. The first kappa shape index (κ1) is 8.50. The van der Waals surface area contributed by atoms with E-state index >= 15 is 0 Å². The zero-order chi connectivity index (χ0) is 8.55. The third kappa shape index (κ3) is 1.37. The van der Waals surface area contributed by atoms with Crippen molar-refractivity contribution in [3.05, 3.63) is 27.6 Å². The number of nitrogens with zero attached hydrogens (tertiary/aromatic N) is 1. The molecule has 12 heavy (non-hydrogen) atoms. The summed E-state index contributed by atoms with van der Waals surface area (Å²) in [6.07, 6.45) is 1.73. The lowest BCUT2D eigenvalue weighted by Gasteiger charge is -1.97. The number of alkyl halides is 1. The number of hydrogen-bond donors (Lipinski definition) is 1. The number of benzene rings is 1. The van der Waals surface area contributed by atoms with E-state index in [2.05, 4.69) is 60.6 Å². The van der Waals surface area contributed by atoms with Crippen molar-refractivity contribution >= 4 is 49.6 Å². The lowest BCUT2D eigenvalue weighted by Crippen LogP contribution is -1.82. The molecule has 1 heterocycles. The summed E-state index contributed by atoms with van der Waals surface area (Å²) in [4.78, 5) is 7.31. The monoisotopic (exact) mass is 336 g/mol. The molecule has 0 unspecified atom stereocenters. The van der Waals surface area contributed by atoms with Crippen LogP contribution in [0.4, 0.5) is 0 Å². The molecule has 0 aliphatic carbocycles. The van der Waals surface area contributed by atoms with Crippen molar-refractivity contribution in [2.45, 2.75) is 5.33 Å². The maximum absolute atomic E-state index is 4.22. The first-order valence-electron chi connectivity index (χ1n) is 3.48. The molecule has 0 atom stereocenters. The number of aromatic amines is 1. The Hall–Kier alpha value is -0.100. The number of nitrogens with one attached hydrogen (secondary N) is 1. The summed E-state index contributed by atoms with van der Waals surface area (Å²) in [6.45, 7) is 0. The van der Waals surface area contributed by atoms with E-state index in [-0.39, 0.29) is 0 Å². The maximum atomic E-state index is 4.22. The summed E-state index contributed by atoms with van der Waals surface area (Å²) in [5.74, 6) is 0. The smallest absolute Gasteiger partial charge is 0.102 e. The predicted octanol–water partition coefficient (Wildman–Crippen LogP) is 3.06. The number of hydrogen-bond acceptors (Lipinski definition) is 1. The molecule has 0 fully saturated rings. The van der Waals surface area contributed by atoms with Gasteiger partial charge in [-0.05, 0) is 40.3 Å². The third-order valence-corrected chi connectivity index (χ3v) is 3.16. The highest BCUT2D eigenvalue weighted by Crippen LogP contribution is 2.20. The largest absolute Gasteiger partial charge is 0.345 e. The Kier molecular flexibility index (Phi) is 2.36. The zero-order valence-corrected chi connectivity index (χ0v) is 9.89. The number of rotatable bonds is 1. The summed E-state index contributed by atoms with van der Waals surface area (Å²) < 4.78 is 1.20. The van der Waals surface area contributed by atoms with Crippen molar-refractivity contribution in [3.8, 4) is 0 Å². The molecule has 62 valence electrons. The van der Waals surface area contributed by atoms with Gasteiger partial charge in [0.2, 0.25) is 0 Å². The number of imidazole rings is 1. The molecule has 2 aromatic rings. The number of fused-ring (bicyclic) bond motifs is 1. The van der Waals surface area contributed by atoms with Crippen LogP contribution < -0.4 is 0 Å². The standard InChI is InChI=1S/C8H6BrIN2/c9-3-5-1-6(10)8-7(2-5)11-4-12-8/h1-2,4H,3H2,(H,11,12). The molecule has 1 aromatic heterocycles. The Morgan fingerprint density at radius 1 is 1.50 bits per heavy atom. The molecular weight excluding hydrogens is 331 g/mol. The molecule has 0 aliphatic rings. The summed E-state index contributed by atoms with van der Waals surface area (Å²) in [6, 6.07) is 4.25. The van der Waals surface area contributed by atoms with Gasteiger partial charge in [0.15, 0.2) is 0 Å². The van der Waals surface area contributed by atoms with E-state index in [0.717, 1.165) is 16.4 Å². The van der Waals surface area contributed by atoms with Gasteiger partial charge in [-0.2, -0.15) is 0 Å². The highest BCUT2D eigenvalue weighted by atomic mass is 127. The molecule has 2 rings (SSSR count). The fraction of sp³-hybridized carbons (Fsp3) is 0.125. The van der Waals surface area contributed by atoms with Gasteiger partial charge in [0.25, 0.3) is 0 Å². The van der Waals surface area contributed by atoms with E-state index in [1.165, 1.54) is 9.13 Å². The van der Waals surface area contributed by atoms with Crippen LogP contribution in [0.5, 0.6) is 0 Å². The van der Waals surface area contributed by atoms with Crippen LogP contribution in [-0.4, -0.2) is 9.97 Å². The normalized spacial score (nSPS) is 10.8. The molecule has 0 saturated heterocycles. The molecule has 0 amide bonds. The molecular formula is C8H6BrIN2. The summed E-state index contributed by atoms with van der Waals surface area (Å²) in [7, 11) is 0. The van der Waals surface area contributed by atoms with Gasteiger partial charge in [0.1, 0.15) is 5.52 Å². The van der Waals surface area contributed by atoms with Gasteiger partial charge in [-0.15, -0.1) is 0 Å². The van der Waals surface area contributed by atoms with Gasteiger partial charge in [0.05, 0.1) is 11.8 Å². The molecule has 0 saturated carbocycles. The van der Waals surface area contributed by atoms with Gasteiger partial charge in [-0.1, -0.05) is 15.9 Å². The van der Waals surface area contributed by atoms with Crippen LogP contribution in [0.2, 0.25) is 0 Å². The van der Waals surface area contributed by atoms with Crippen LogP contribution in [0.25, 0.3) is 11.0 Å². The third-order valence-electron chi connectivity index (χ3n) is 1.69. The van der Waals surface area contributed by atoms with E-state index in [0.29, 0.717) is 0 Å². The Bertz CT molecular complexity index is 410. The summed E-state index contributed by atoms with van der Waals surface area (Å²) in [5, 5.41) is 0.887. The lowest BCUT2D eigenvalue weighted by atomic mass is 10.2. The summed E-state index contributed by atoms with van der Waals surface area (Å²) in [5.41, 5.74) is 3.44. The first-order valence-corrected chi connectivity index (χ1v) is 5.69. The lowest BCUT2D eigenvalue weighted by molar-refractivity contribution is 1.34. The van der Waals surface area contributed by atoms with Crippen LogP contribution >= 0.6 is 38.5 Å². The molecule has 1 aromatic carbocycles. The Morgan fingerprint density at radius 3 is 3.08 bits per heavy atom. The SMILES string of the molecule is BrCc1cc(I)c2nc[nH]c2c1. The minimum Gasteiger partial charge on any atom is -0.345 e. The second kappa shape index (κ2) is 3.33. The number of H-pyrrole nitrogens is 1. The molecule has 2 nitrogen and oxygen atoms in total. The van der Waals surface area contributed by atoms with Gasteiger partial charge in [-0.25, -0.2) is 4.98 Å². The van der Waals surface area contributed by atoms with Crippen molar-refractivity contribution < 1.29 is 0 Å². The zero-order valence-electron chi connectivity index (χ0n) is 6.14. The van der Waals surface area contributed by atoms with E-state index in [9.17, 15) is 0 Å². The molecule has 0 radical (unpaired) electrons. The quantitative estimate of drug-likeness (QED) is 0.629. The first-order chi connectivity index (χ1) is 5.81. The van der Waals surface area contributed by atoms with Gasteiger partial charge >= 0.3 is 0 Å². The summed E-state index contributed by atoms with van der Waals surface area (Å²) >= 11 is 5.73. The van der Waals surface area contributed by atoms with E-state index in [1.54, 1.807) is 6.33 Å². The van der Waals surface area contributed by atoms with Gasteiger partial charge in [0, 0.05) is 8.90 Å². The van der Waals surface area contributed by atoms with Crippen molar-refractivity contribution in [2.24, 2.45) is 0 Å². The van der Waals surface area contributed by atoms with E-state index in [1.807, 2.05) is 0 Å². The second-order valence-corrected chi connectivity index (χ2v) is 4.23. The minimum absolute atomic E-state index is 0.887. The average Bonchev–Trinajstić information content (AvgIpc) is 2.52. The Morgan fingerprint density at radius 2 is 2.33 bits per heavy atom. The molecule has 0 aliphatic heterocycles. The van der Waals surface area contributed by atoms with Crippen LogP contribution in [-0.2, 0) is 5.33 Å². The fourth-order valence-electron chi connectivity index (χ4n) is 1.14. The molecule has 0 bridgehead atoms. The molecule has 0 spiro atoms. The van der Waals surface area contributed by atoms with Crippen molar-refractivity contribution in [3.63, 3.8) is 0 Å². The van der Waals surface area contributed by atoms with Crippen LogP contribution in [0, 0.1) is 3.57 Å². The highest BCUT2D eigenvalue weighted by molar-refractivity contribution is 14.1. The van der Waals surface area contributed by atoms with Gasteiger partial charge in [-0.3, -0.25) is 0 Å². The Labute approximate surface area is 92.0 Å². The average molecular weight is 337 g/mol. The van der Waals surface area contributed by atoms with Crippen LogP contribution in [0.3, 0.4) is 0 Å². The molecule has 1 N–H and O–H groups in total. The minimum atomic E-state index is 0.887. The van der Waals surface area contributed by atoms with E-state index < -0.39 is 0 Å². The van der Waals surface area contributed by atoms with Crippen molar-refractivity contribution in [1.82, 2.24) is 9.97 Å². The van der Waals surface area contributed by atoms with E-state index in [4.69, 9.17) is 0 Å². The van der Waals surface area contributed by atoms with Crippen molar-refractivity contribution in [1.29, 1.82) is 0 Å². The Balaban J connectivity index is 2.75. The predicted molar refractivity (Wildman–Crippen MR) is 61.4 cm³/mol. The van der Waals surface area contributed by atoms with Gasteiger partial charge < -0.3 is 4.98 Å². The maximum Gasteiger partial charge on any atom is 0.102 e. The topological polar surface area (TPSA) is 28.7 Å². The second-order valence-electron chi connectivity index (χ2n) is 2.51.